The van der Waals surface area contributed by atoms with Gasteiger partial charge in [-0.2, -0.15) is 0 Å². The van der Waals surface area contributed by atoms with Crippen LogP contribution in [0.5, 0.6) is 0 Å². The summed E-state index contributed by atoms with van der Waals surface area (Å²) in [5, 5.41) is 5.59. The van der Waals surface area contributed by atoms with Crippen LogP contribution in [0.1, 0.15) is 43.5 Å². The Balaban J connectivity index is 1.94. The molecule has 27 heavy (non-hydrogen) atoms. The molecule has 0 fully saturated rings. The third-order valence-corrected chi connectivity index (χ3v) is 4.64. The number of rotatable bonds is 8. The van der Waals surface area contributed by atoms with Gasteiger partial charge in [-0.05, 0) is 48.8 Å². The normalized spacial score (nSPS) is 12.1. The number of nitrogens with one attached hydrogen (secondary N) is 2. The van der Waals surface area contributed by atoms with Crippen LogP contribution in [-0.2, 0) is 13.1 Å². The Bertz CT molecular complexity index is 763. The van der Waals surface area contributed by atoms with Crippen LogP contribution in [0.4, 0.5) is 13.6 Å². The quantitative estimate of drug-likeness (QED) is 0.720. The van der Waals surface area contributed by atoms with Crippen molar-refractivity contribution in [3.8, 4) is 0 Å². The Kier molecular flexibility index (Phi) is 7.73. The van der Waals surface area contributed by atoms with E-state index in [9.17, 15) is 13.6 Å². The Morgan fingerprint density at radius 3 is 2.33 bits per heavy atom. The molecular weight excluding hydrogens is 348 g/mol. The lowest BCUT2D eigenvalue weighted by Crippen LogP contribution is -2.37. The molecule has 0 aliphatic carbocycles. The third-order valence-electron chi connectivity index (χ3n) is 4.64. The van der Waals surface area contributed by atoms with Gasteiger partial charge in [0.2, 0.25) is 0 Å². The minimum absolute atomic E-state index is 0.357. The van der Waals surface area contributed by atoms with Crippen molar-refractivity contribution in [2.24, 2.45) is 0 Å². The van der Waals surface area contributed by atoms with Crippen LogP contribution >= 0.6 is 0 Å². The Morgan fingerprint density at radius 2 is 1.70 bits per heavy atom. The minimum atomic E-state index is -0.924. The van der Waals surface area contributed by atoms with Gasteiger partial charge in [-0.1, -0.05) is 44.2 Å². The molecule has 146 valence electrons. The largest absolute Gasteiger partial charge is 0.334 e. The first-order valence-electron chi connectivity index (χ1n) is 9.23. The summed E-state index contributed by atoms with van der Waals surface area (Å²) < 4.78 is 26.4. The molecule has 2 aromatic rings. The summed E-state index contributed by atoms with van der Waals surface area (Å²) in [4.78, 5) is 14.5. The van der Waals surface area contributed by atoms with E-state index in [2.05, 4.69) is 35.4 Å². The third kappa shape index (κ3) is 6.03. The number of nitrogens with zero attached hydrogens (tertiary/aromatic N) is 1. The monoisotopic (exact) mass is 375 g/mol. The molecule has 2 aromatic carbocycles. The fourth-order valence-electron chi connectivity index (χ4n) is 2.86. The van der Waals surface area contributed by atoms with Gasteiger partial charge in [-0.25, -0.2) is 13.6 Å². The smallest absolute Gasteiger partial charge is 0.315 e. The highest BCUT2D eigenvalue weighted by Gasteiger charge is 2.13. The zero-order chi connectivity index (χ0) is 19.8. The summed E-state index contributed by atoms with van der Waals surface area (Å²) in [5.41, 5.74) is 2.74. The number of benzene rings is 2. The highest BCUT2D eigenvalue weighted by Crippen LogP contribution is 2.16. The molecule has 0 spiro atoms. The van der Waals surface area contributed by atoms with Crippen molar-refractivity contribution in [3.63, 3.8) is 0 Å². The van der Waals surface area contributed by atoms with Crippen LogP contribution in [0, 0.1) is 11.6 Å². The molecule has 0 radical (unpaired) electrons. The summed E-state index contributed by atoms with van der Waals surface area (Å²) in [6.07, 6.45) is 0. The van der Waals surface area contributed by atoms with Crippen molar-refractivity contribution in [3.05, 3.63) is 70.8 Å². The fourth-order valence-corrected chi connectivity index (χ4v) is 2.86. The lowest BCUT2D eigenvalue weighted by molar-refractivity contribution is 0.237. The number of urea groups is 1. The van der Waals surface area contributed by atoms with E-state index in [1.807, 2.05) is 18.2 Å². The van der Waals surface area contributed by atoms with E-state index < -0.39 is 17.7 Å². The Labute approximate surface area is 159 Å². The predicted molar refractivity (Wildman–Crippen MR) is 103 cm³/mol. The van der Waals surface area contributed by atoms with Crippen LogP contribution in [0.25, 0.3) is 0 Å². The number of halogens is 2. The molecule has 2 amide bonds. The molecule has 2 rings (SSSR count). The number of hydrogen-bond donors (Lipinski definition) is 2. The van der Waals surface area contributed by atoms with Gasteiger partial charge >= 0.3 is 6.03 Å². The molecule has 0 aromatic heterocycles. The molecule has 1 atom stereocenters. The molecule has 0 aliphatic heterocycles. The molecule has 0 saturated heterocycles. The van der Waals surface area contributed by atoms with Crippen molar-refractivity contribution in [2.45, 2.75) is 39.9 Å². The molecule has 0 heterocycles. The van der Waals surface area contributed by atoms with E-state index in [-0.39, 0.29) is 6.03 Å². The van der Waals surface area contributed by atoms with Crippen LogP contribution in [0.2, 0.25) is 0 Å². The molecule has 0 aliphatic rings. The number of carbonyl (C=O) groups is 1. The average Bonchev–Trinajstić information content (AvgIpc) is 2.67. The van der Waals surface area contributed by atoms with Crippen LogP contribution in [0.3, 0.4) is 0 Å². The lowest BCUT2D eigenvalue weighted by Gasteiger charge is -2.20. The maximum atomic E-state index is 13.3. The standard InChI is InChI=1S/C21H27F2N3O/c1-4-26(5-2)14-18-9-7-6-8-17(18)13-24-21(27)25-15(3)16-10-11-19(22)20(23)12-16/h6-12,15H,4-5,13-14H2,1-3H3,(H2,24,25,27)/t15-/m1/s1. The van der Waals surface area contributed by atoms with E-state index in [1.54, 1.807) is 6.92 Å². The fraction of sp³-hybridized carbons (Fsp3) is 0.381. The summed E-state index contributed by atoms with van der Waals surface area (Å²) in [6, 6.07) is 10.8. The van der Waals surface area contributed by atoms with E-state index in [1.165, 1.54) is 11.6 Å². The lowest BCUT2D eigenvalue weighted by atomic mass is 10.1. The van der Waals surface area contributed by atoms with Crippen molar-refractivity contribution in [1.82, 2.24) is 15.5 Å². The van der Waals surface area contributed by atoms with Crippen molar-refractivity contribution >= 4 is 6.03 Å². The first kappa shape index (κ1) is 20.8. The zero-order valence-electron chi connectivity index (χ0n) is 16.1. The molecule has 0 unspecified atom stereocenters. The van der Waals surface area contributed by atoms with E-state index in [0.717, 1.165) is 37.3 Å². The molecule has 2 N–H and O–H groups in total. The summed E-state index contributed by atoms with van der Waals surface area (Å²) in [6.45, 7) is 9.12. The van der Waals surface area contributed by atoms with E-state index >= 15 is 0 Å². The van der Waals surface area contributed by atoms with Crippen LogP contribution in [-0.4, -0.2) is 24.0 Å². The first-order chi connectivity index (χ1) is 12.9. The molecule has 6 heteroatoms. The maximum absolute atomic E-state index is 13.3. The summed E-state index contributed by atoms with van der Waals surface area (Å²) in [7, 11) is 0. The van der Waals surface area contributed by atoms with Gasteiger partial charge in [0.15, 0.2) is 11.6 Å². The maximum Gasteiger partial charge on any atom is 0.315 e. The highest BCUT2D eigenvalue weighted by atomic mass is 19.2. The van der Waals surface area contributed by atoms with Gasteiger partial charge in [0, 0.05) is 13.1 Å². The summed E-state index contributed by atoms with van der Waals surface area (Å²) in [5.74, 6) is -1.83. The molecule has 4 nitrogen and oxygen atoms in total. The predicted octanol–water partition coefficient (Wildman–Crippen LogP) is 4.37. The molecule has 0 bridgehead atoms. The van der Waals surface area contributed by atoms with Gasteiger partial charge in [-0.15, -0.1) is 0 Å². The van der Waals surface area contributed by atoms with Crippen LogP contribution < -0.4 is 10.6 Å². The van der Waals surface area contributed by atoms with Gasteiger partial charge < -0.3 is 10.6 Å². The van der Waals surface area contributed by atoms with Crippen molar-refractivity contribution < 1.29 is 13.6 Å². The van der Waals surface area contributed by atoms with Gasteiger partial charge in [0.05, 0.1) is 6.04 Å². The van der Waals surface area contributed by atoms with Crippen molar-refractivity contribution in [2.75, 3.05) is 13.1 Å². The molecular formula is C21H27F2N3O. The number of hydrogen-bond acceptors (Lipinski definition) is 2. The van der Waals surface area contributed by atoms with Gasteiger partial charge in [0.1, 0.15) is 0 Å². The number of carbonyl (C=O) groups excluding carboxylic acids is 1. The first-order valence-corrected chi connectivity index (χ1v) is 9.23. The van der Waals surface area contributed by atoms with Gasteiger partial charge in [0.25, 0.3) is 0 Å². The highest BCUT2D eigenvalue weighted by molar-refractivity contribution is 5.74. The van der Waals surface area contributed by atoms with E-state index in [4.69, 9.17) is 0 Å². The molecule has 0 saturated carbocycles. The van der Waals surface area contributed by atoms with Gasteiger partial charge in [-0.3, -0.25) is 4.90 Å². The SMILES string of the molecule is CCN(CC)Cc1ccccc1CNC(=O)N[C@H](C)c1ccc(F)c(F)c1. The second-order valence-corrected chi connectivity index (χ2v) is 6.45. The Morgan fingerprint density at radius 1 is 1.04 bits per heavy atom. The minimum Gasteiger partial charge on any atom is -0.334 e. The average molecular weight is 375 g/mol. The summed E-state index contributed by atoms with van der Waals surface area (Å²) >= 11 is 0. The van der Waals surface area contributed by atoms with Crippen molar-refractivity contribution in [1.29, 1.82) is 0 Å². The topological polar surface area (TPSA) is 44.4 Å². The van der Waals surface area contributed by atoms with E-state index in [0.29, 0.717) is 12.1 Å². The van der Waals surface area contributed by atoms with Crippen LogP contribution in [0.15, 0.2) is 42.5 Å². The second kappa shape index (κ2) is 10.0. The Hall–Kier alpha value is -2.47. The zero-order valence-corrected chi connectivity index (χ0v) is 16.1. The second-order valence-electron chi connectivity index (χ2n) is 6.45. The number of amides is 2.